The van der Waals surface area contributed by atoms with Gasteiger partial charge >= 0.3 is 0 Å². The minimum atomic E-state index is 1.17. The molecule has 2 aromatic rings. The SMILES string of the molecule is C[C](CCC[C](C)c1ccccc1)c1ccccc1. The quantitative estimate of drug-likeness (QED) is 0.640. The van der Waals surface area contributed by atoms with Crippen molar-refractivity contribution in [2.45, 2.75) is 33.1 Å². The maximum Gasteiger partial charge on any atom is 0.00189 e. The Balaban J connectivity index is 1.78. The van der Waals surface area contributed by atoms with E-state index in [0.717, 1.165) is 0 Å². The zero-order valence-corrected chi connectivity index (χ0v) is 11.9. The summed E-state index contributed by atoms with van der Waals surface area (Å²) in [4.78, 5) is 0. The molecule has 0 unspecified atom stereocenters. The van der Waals surface area contributed by atoms with Gasteiger partial charge in [0.1, 0.15) is 0 Å². The summed E-state index contributed by atoms with van der Waals surface area (Å²) in [6.07, 6.45) is 3.57. The number of benzene rings is 2. The molecule has 0 N–H and O–H groups in total. The summed E-state index contributed by atoms with van der Waals surface area (Å²) in [5, 5.41) is 0. The highest BCUT2D eigenvalue weighted by Gasteiger charge is 2.09. The molecule has 0 nitrogen and oxygen atoms in total. The van der Waals surface area contributed by atoms with Crippen molar-refractivity contribution in [3.63, 3.8) is 0 Å². The largest absolute Gasteiger partial charge is 0.0622 e. The van der Waals surface area contributed by atoms with E-state index in [2.05, 4.69) is 74.5 Å². The van der Waals surface area contributed by atoms with Gasteiger partial charge in [0.15, 0.2) is 0 Å². The molecule has 0 heterocycles. The van der Waals surface area contributed by atoms with Crippen LogP contribution in [0.25, 0.3) is 0 Å². The average molecular weight is 250 g/mol. The van der Waals surface area contributed by atoms with Gasteiger partial charge in [-0.2, -0.15) is 0 Å². The Kier molecular flexibility index (Phi) is 5.20. The van der Waals surface area contributed by atoms with Crippen LogP contribution in [0.2, 0.25) is 0 Å². The van der Waals surface area contributed by atoms with Gasteiger partial charge in [-0.3, -0.25) is 0 Å². The molecule has 2 radical (unpaired) electrons. The smallest absolute Gasteiger partial charge is 0.00189 e. The molecule has 0 atom stereocenters. The Morgan fingerprint density at radius 2 is 1.00 bits per heavy atom. The third-order valence-corrected chi connectivity index (χ3v) is 3.64. The minimum absolute atomic E-state index is 1.17. The number of hydrogen-bond donors (Lipinski definition) is 0. The second-order valence-electron chi connectivity index (χ2n) is 5.15. The lowest BCUT2D eigenvalue weighted by atomic mass is 9.91. The van der Waals surface area contributed by atoms with Crippen molar-refractivity contribution in [3.05, 3.63) is 83.6 Å². The van der Waals surface area contributed by atoms with Crippen molar-refractivity contribution < 1.29 is 0 Å². The lowest BCUT2D eigenvalue weighted by molar-refractivity contribution is 0.721. The van der Waals surface area contributed by atoms with Gasteiger partial charge in [-0.15, -0.1) is 0 Å². The van der Waals surface area contributed by atoms with E-state index < -0.39 is 0 Å². The lowest BCUT2D eigenvalue weighted by Crippen LogP contribution is -1.98. The predicted molar refractivity (Wildman–Crippen MR) is 82.8 cm³/mol. The third-order valence-electron chi connectivity index (χ3n) is 3.64. The van der Waals surface area contributed by atoms with Crippen LogP contribution in [0.4, 0.5) is 0 Å². The Morgan fingerprint density at radius 1 is 0.632 bits per heavy atom. The Hall–Kier alpha value is -1.56. The first-order chi connectivity index (χ1) is 9.27. The molecular weight excluding hydrogens is 228 g/mol. The van der Waals surface area contributed by atoms with Gasteiger partial charge in [0.2, 0.25) is 0 Å². The van der Waals surface area contributed by atoms with Crippen LogP contribution < -0.4 is 0 Å². The normalized spacial score (nSPS) is 11.2. The second-order valence-corrected chi connectivity index (χ2v) is 5.15. The third kappa shape index (κ3) is 4.24. The molecule has 0 heteroatoms. The van der Waals surface area contributed by atoms with E-state index in [4.69, 9.17) is 0 Å². The second kappa shape index (κ2) is 7.13. The van der Waals surface area contributed by atoms with E-state index in [1.54, 1.807) is 0 Å². The maximum absolute atomic E-state index is 2.24. The van der Waals surface area contributed by atoms with Gasteiger partial charge in [0.05, 0.1) is 0 Å². The molecule has 0 saturated carbocycles. The maximum atomic E-state index is 2.24. The van der Waals surface area contributed by atoms with Crippen LogP contribution >= 0.6 is 0 Å². The molecule has 2 aromatic carbocycles. The van der Waals surface area contributed by atoms with E-state index >= 15 is 0 Å². The molecule has 19 heavy (non-hydrogen) atoms. The zero-order chi connectivity index (χ0) is 13.5. The highest BCUT2D eigenvalue weighted by molar-refractivity contribution is 5.30. The Morgan fingerprint density at radius 3 is 1.37 bits per heavy atom. The van der Waals surface area contributed by atoms with Crippen LogP contribution in [-0.2, 0) is 0 Å². The van der Waals surface area contributed by atoms with Gasteiger partial charge in [0.25, 0.3) is 0 Å². The van der Waals surface area contributed by atoms with Gasteiger partial charge in [-0.05, 0) is 24.0 Å². The van der Waals surface area contributed by atoms with E-state index in [1.165, 1.54) is 42.2 Å². The fraction of sp³-hybridized carbons (Fsp3) is 0.263. The fourth-order valence-electron chi connectivity index (χ4n) is 2.35. The summed E-state index contributed by atoms with van der Waals surface area (Å²) in [5.41, 5.74) is 2.75. The first kappa shape index (κ1) is 13.9. The van der Waals surface area contributed by atoms with Crippen LogP contribution in [0.3, 0.4) is 0 Å². The average Bonchev–Trinajstić information content (AvgIpc) is 2.49. The Labute approximate surface area is 117 Å². The van der Waals surface area contributed by atoms with E-state index in [0.29, 0.717) is 0 Å². The summed E-state index contributed by atoms with van der Waals surface area (Å²) in [7, 11) is 0. The molecule has 0 saturated heterocycles. The van der Waals surface area contributed by atoms with Crippen molar-refractivity contribution in [2.24, 2.45) is 0 Å². The monoisotopic (exact) mass is 250 g/mol. The molecule has 0 aliphatic rings. The molecule has 98 valence electrons. The molecule has 0 aromatic heterocycles. The van der Waals surface area contributed by atoms with Crippen LogP contribution in [0, 0.1) is 11.8 Å². The van der Waals surface area contributed by atoms with Gasteiger partial charge in [-0.1, -0.05) is 80.9 Å². The first-order valence-electron chi connectivity index (χ1n) is 7.03. The first-order valence-corrected chi connectivity index (χ1v) is 7.03. The van der Waals surface area contributed by atoms with E-state index in [9.17, 15) is 0 Å². The van der Waals surface area contributed by atoms with Crippen LogP contribution in [0.15, 0.2) is 60.7 Å². The highest BCUT2D eigenvalue weighted by atomic mass is 14.1. The molecule has 0 aliphatic heterocycles. The molecule has 0 fully saturated rings. The number of hydrogen-bond acceptors (Lipinski definition) is 0. The molecular formula is C19H22. The van der Waals surface area contributed by atoms with Crippen molar-refractivity contribution in [2.75, 3.05) is 0 Å². The topological polar surface area (TPSA) is 0 Å². The van der Waals surface area contributed by atoms with E-state index in [-0.39, 0.29) is 0 Å². The molecule has 0 spiro atoms. The minimum Gasteiger partial charge on any atom is -0.0622 e. The number of rotatable bonds is 6. The summed E-state index contributed by atoms with van der Waals surface area (Å²) < 4.78 is 0. The predicted octanol–water partition coefficient (Wildman–Crippen LogP) is 5.44. The highest BCUT2D eigenvalue weighted by Crippen LogP contribution is 2.24. The van der Waals surface area contributed by atoms with Gasteiger partial charge in [-0.25, -0.2) is 0 Å². The Bertz CT molecular complexity index is 412. The van der Waals surface area contributed by atoms with Gasteiger partial charge in [0, 0.05) is 11.8 Å². The van der Waals surface area contributed by atoms with Crippen molar-refractivity contribution in [1.29, 1.82) is 0 Å². The van der Waals surface area contributed by atoms with Gasteiger partial charge < -0.3 is 0 Å². The fourth-order valence-corrected chi connectivity index (χ4v) is 2.35. The molecule has 0 amide bonds. The molecule has 0 aliphatic carbocycles. The zero-order valence-electron chi connectivity index (χ0n) is 11.9. The summed E-state index contributed by atoms with van der Waals surface area (Å²) in [6.45, 7) is 4.49. The summed E-state index contributed by atoms with van der Waals surface area (Å²) in [5.74, 6) is 2.97. The van der Waals surface area contributed by atoms with Crippen LogP contribution in [0.1, 0.15) is 44.2 Å². The van der Waals surface area contributed by atoms with Crippen LogP contribution in [0.5, 0.6) is 0 Å². The van der Waals surface area contributed by atoms with Crippen molar-refractivity contribution in [3.8, 4) is 0 Å². The van der Waals surface area contributed by atoms with E-state index in [1.807, 2.05) is 0 Å². The summed E-state index contributed by atoms with van der Waals surface area (Å²) >= 11 is 0. The molecule has 0 bridgehead atoms. The summed E-state index contributed by atoms with van der Waals surface area (Å²) in [6, 6.07) is 21.4. The van der Waals surface area contributed by atoms with Crippen LogP contribution in [-0.4, -0.2) is 0 Å². The van der Waals surface area contributed by atoms with Crippen molar-refractivity contribution in [1.82, 2.24) is 0 Å². The van der Waals surface area contributed by atoms with Crippen molar-refractivity contribution >= 4 is 0 Å². The standard InChI is InChI=1S/C19H22/c1-16(18-12-5-3-6-13-18)10-9-11-17(2)19-14-7-4-8-15-19/h3-8,12-15H,9-11H2,1-2H3. The lowest BCUT2D eigenvalue weighted by Gasteiger charge is -2.14. The molecule has 2 rings (SSSR count).